The molecule has 1 saturated heterocycles. The second-order valence-corrected chi connectivity index (χ2v) is 5.89. The number of aromatic nitrogens is 1. The lowest BCUT2D eigenvalue weighted by molar-refractivity contribution is -0.137. The Balaban J connectivity index is 1.74. The average molecular weight is 342 g/mol. The van der Waals surface area contributed by atoms with Crippen LogP contribution in [0.5, 0.6) is 0 Å². The third kappa shape index (κ3) is 3.95. The number of ether oxygens (including phenoxy) is 1. The fourth-order valence-corrected chi connectivity index (χ4v) is 2.81. The smallest absolute Gasteiger partial charge is 0.323 e. The lowest BCUT2D eigenvalue weighted by atomic mass is 9.98. The van der Waals surface area contributed by atoms with Crippen LogP contribution in [0.3, 0.4) is 0 Å². The van der Waals surface area contributed by atoms with Crippen molar-refractivity contribution in [3.05, 3.63) is 64.1 Å². The van der Waals surface area contributed by atoms with Gasteiger partial charge in [0, 0.05) is 24.4 Å². The van der Waals surface area contributed by atoms with Crippen molar-refractivity contribution < 1.29 is 19.4 Å². The van der Waals surface area contributed by atoms with E-state index < -0.39 is 24.0 Å². The van der Waals surface area contributed by atoms with Gasteiger partial charge in [-0.2, -0.15) is 0 Å². The first-order valence-corrected chi connectivity index (χ1v) is 7.95. The molecular formula is C18H18N2O5. The minimum absolute atomic E-state index is 0.1000. The van der Waals surface area contributed by atoms with Gasteiger partial charge in [0.15, 0.2) is 0 Å². The van der Waals surface area contributed by atoms with Crippen LogP contribution in [0.4, 0.5) is 5.69 Å². The Bertz CT molecular complexity index is 835. The summed E-state index contributed by atoms with van der Waals surface area (Å²) in [6.45, 7) is 0.983. The van der Waals surface area contributed by atoms with Crippen molar-refractivity contribution in [2.24, 2.45) is 0 Å². The molecule has 3 rings (SSSR count). The highest BCUT2D eigenvalue weighted by Crippen LogP contribution is 2.26. The molecule has 1 atom stereocenters. The maximum atomic E-state index is 12.3. The maximum Gasteiger partial charge on any atom is 0.323 e. The summed E-state index contributed by atoms with van der Waals surface area (Å²) in [5.41, 5.74) is 0.985. The number of hydrogen-bond acceptors (Lipinski definition) is 4. The number of pyridine rings is 1. The summed E-state index contributed by atoms with van der Waals surface area (Å²) < 4.78 is 6.35. The predicted molar refractivity (Wildman–Crippen MR) is 90.9 cm³/mol. The number of benzene rings is 1. The van der Waals surface area contributed by atoms with Crippen molar-refractivity contribution in [3.8, 4) is 0 Å². The molecular weight excluding hydrogens is 324 g/mol. The van der Waals surface area contributed by atoms with Crippen LogP contribution < -0.4 is 10.9 Å². The van der Waals surface area contributed by atoms with Gasteiger partial charge in [0.05, 0.1) is 6.61 Å². The minimum Gasteiger partial charge on any atom is -0.480 e. The highest BCUT2D eigenvalue weighted by Gasteiger charge is 2.18. The molecule has 1 amide bonds. The molecule has 1 aliphatic heterocycles. The molecule has 7 nitrogen and oxygen atoms in total. The lowest BCUT2D eigenvalue weighted by Gasteiger charge is -2.10. The largest absolute Gasteiger partial charge is 0.480 e. The average Bonchev–Trinajstić information content (AvgIpc) is 3.11. The standard InChI is InChI=1S/C18H18N2O5/c21-16(22)10-20-8-1-2-15(18(20)24)17(23)19-14-5-3-12(4-6-14)13-7-9-25-11-13/h1-6,8,13H,7,9-11H2,(H,19,23)(H,21,22). The Morgan fingerprint density at radius 3 is 2.64 bits per heavy atom. The molecule has 0 saturated carbocycles. The molecule has 130 valence electrons. The van der Waals surface area contributed by atoms with Gasteiger partial charge in [0.25, 0.3) is 11.5 Å². The molecule has 0 bridgehead atoms. The summed E-state index contributed by atoms with van der Waals surface area (Å²) in [5, 5.41) is 11.5. The Labute approximate surface area is 143 Å². The summed E-state index contributed by atoms with van der Waals surface area (Å²) in [5.74, 6) is -1.34. The van der Waals surface area contributed by atoms with E-state index in [4.69, 9.17) is 9.84 Å². The van der Waals surface area contributed by atoms with Crippen LogP contribution in [0.1, 0.15) is 28.3 Å². The number of amides is 1. The first kappa shape index (κ1) is 16.9. The molecule has 7 heteroatoms. The number of carboxylic acids is 1. The van der Waals surface area contributed by atoms with Gasteiger partial charge in [0.1, 0.15) is 12.1 Å². The molecule has 2 N–H and O–H groups in total. The zero-order chi connectivity index (χ0) is 17.8. The van der Waals surface area contributed by atoms with Crippen LogP contribution in [0.25, 0.3) is 0 Å². The molecule has 1 aromatic heterocycles. The van der Waals surface area contributed by atoms with Gasteiger partial charge < -0.3 is 19.7 Å². The van der Waals surface area contributed by atoms with Crippen LogP contribution >= 0.6 is 0 Å². The third-order valence-electron chi connectivity index (χ3n) is 4.14. The van der Waals surface area contributed by atoms with Gasteiger partial charge in [-0.15, -0.1) is 0 Å². The topological polar surface area (TPSA) is 97.6 Å². The molecule has 1 aliphatic rings. The Hall–Kier alpha value is -2.93. The van der Waals surface area contributed by atoms with E-state index in [0.29, 0.717) is 18.2 Å². The number of anilines is 1. The normalized spacial score (nSPS) is 16.6. The molecule has 0 spiro atoms. The number of carbonyl (C=O) groups is 2. The molecule has 1 unspecified atom stereocenters. The van der Waals surface area contributed by atoms with Crippen LogP contribution in [-0.4, -0.2) is 34.8 Å². The van der Waals surface area contributed by atoms with Gasteiger partial charge >= 0.3 is 5.97 Å². The summed E-state index contributed by atoms with van der Waals surface area (Å²) in [7, 11) is 0. The number of hydrogen-bond donors (Lipinski definition) is 2. The molecule has 25 heavy (non-hydrogen) atoms. The fraction of sp³-hybridized carbons (Fsp3) is 0.278. The van der Waals surface area contributed by atoms with Gasteiger partial charge in [0.2, 0.25) is 0 Å². The van der Waals surface area contributed by atoms with E-state index in [1.807, 2.05) is 12.1 Å². The third-order valence-corrected chi connectivity index (χ3v) is 4.14. The SMILES string of the molecule is O=C(O)Cn1cccc(C(=O)Nc2ccc(C3CCOC3)cc2)c1=O. The van der Waals surface area contributed by atoms with E-state index in [1.165, 1.54) is 18.3 Å². The number of rotatable bonds is 5. The van der Waals surface area contributed by atoms with Gasteiger partial charge in [-0.1, -0.05) is 12.1 Å². The number of nitrogens with zero attached hydrogens (tertiary/aromatic N) is 1. The van der Waals surface area contributed by atoms with E-state index in [0.717, 1.165) is 23.2 Å². The highest BCUT2D eigenvalue weighted by atomic mass is 16.5. The van der Waals surface area contributed by atoms with E-state index in [1.54, 1.807) is 12.1 Å². The summed E-state index contributed by atoms with van der Waals surface area (Å²) in [6.07, 6.45) is 2.32. The van der Waals surface area contributed by atoms with Gasteiger partial charge in [-0.05, 0) is 36.2 Å². The Morgan fingerprint density at radius 1 is 1.24 bits per heavy atom. The number of aliphatic carboxylic acids is 1. The van der Waals surface area contributed by atoms with Gasteiger partial charge in [-0.25, -0.2) is 0 Å². The predicted octanol–water partition coefficient (Wildman–Crippen LogP) is 1.69. The Kier molecular flexibility index (Phi) is 4.95. The summed E-state index contributed by atoms with van der Waals surface area (Å²) in [4.78, 5) is 35.3. The molecule has 2 heterocycles. The second-order valence-electron chi connectivity index (χ2n) is 5.89. The first-order chi connectivity index (χ1) is 12.0. The number of carboxylic acid groups (broad SMARTS) is 1. The zero-order valence-electron chi connectivity index (χ0n) is 13.5. The van der Waals surface area contributed by atoms with Crippen LogP contribution in [0.2, 0.25) is 0 Å². The molecule has 2 aromatic rings. The minimum atomic E-state index is -1.15. The molecule has 1 aromatic carbocycles. The highest BCUT2D eigenvalue weighted by molar-refractivity contribution is 6.04. The van der Waals surface area contributed by atoms with Crippen LogP contribution in [-0.2, 0) is 16.1 Å². The van der Waals surface area contributed by atoms with Crippen molar-refractivity contribution >= 4 is 17.6 Å². The van der Waals surface area contributed by atoms with Crippen LogP contribution in [0.15, 0.2) is 47.4 Å². The van der Waals surface area contributed by atoms with Gasteiger partial charge in [-0.3, -0.25) is 14.4 Å². The number of carbonyl (C=O) groups excluding carboxylic acids is 1. The van der Waals surface area contributed by atoms with E-state index in [2.05, 4.69) is 5.32 Å². The summed E-state index contributed by atoms with van der Waals surface area (Å²) >= 11 is 0. The maximum absolute atomic E-state index is 12.3. The number of nitrogens with one attached hydrogen (secondary N) is 1. The van der Waals surface area contributed by atoms with E-state index in [-0.39, 0.29) is 5.56 Å². The van der Waals surface area contributed by atoms with Crippen molar-refractivity contribution in [2.75, 3.05) is 18.5 Å². The first-order valence-electron chi connectivity index (χ1n) is 7.95. The quantitative estimate of drug-likeness (QED) is 0.862. The monoisotopic (exact) mass is 342 g/mol. The van der Waals surface area contributed by atoms with Crippen LogP contribution in [0, 0.1) is 0 Å². The van der Waals surface area contributed by atoms with Crippen molar-refractivity contribution in [1.82, 2.24) is 4.57 Å². The zero-order valence-corrected chi connectivity index (χ0v) is 13.5. The lowest BCUT2D eigenvalue weighted by Crippen LogP contribution is -2.30. The molecule has 0 radical (unpaired) electrons. The van der Waals surface area contributed by atoms with E-state index >= 15 is 0 Å². The summed E-state index contributed by atoms with van der Waals surface area (Å²) in [6, 6.07) is 10.3. The molecule has 0 aliphatic carbocycles. The van der Waals surface area contributed by atoms with Crippen molar-refractivity contribution in [3.63, 3.8) is 0 Å². The van der Waals surface area contributed by atoms with Crippen molar-refractivity contribution in [1.29, 1.82) is 0 Å². The Morgan fingerprint density at radius 2 is 2.00 bits per heavy atom. The molecule has 1 fully saturated rings. The second kappa shape index (κ2) is 7.31. The fourth-order valence-electron chi connectivity index (χ4n) is 2.81. The van der Waals surface area contributed by atoms with Crippen molar-refractivity contribution in [2.45, 2.75) is 18.9 Å². The van der Waals surface area contributed by atoms with E-state index in [9.17, 15) is 14.4 Å².